The topological polar surface area (TPSA) is 29.5 Å². The number of halogens is 1. The van der Waals surface area contributed by atoms with Gasteiger partial charge in [0.25, 0.3) is 0 Å². The molecule has 0 fully saturated rings. The van der Waals surface area contributed by atoms with E-state index < -0.39 is 0 Å². The first-order valence-electron chi connectivity index (χ1n) is 6.45. The molecule has 1 amide bonds. The maximum absolute atomic E-state index is 11.9. The molecule has 1 aromatic rings. The van der Waals surface area contributed by atoms with Gasteiger partial charge in [0.15, 0.2) is 0 Å². The Bertz CT molecular complexity index is 565. The first kappa shape index (κ1) is 12.9. The number of methoxy groups -OCH3 is 1. The molecule has 3 nitrogen and oxygen atoms in total. The highest BCUT2D eigenvalue weighted by atomic mass is 79.9. The number of hydrogen-bond donors (Lipinski definition) is 0. The number of nitrogens with zero attached hydrogens (tertiary/aromatic N) is 1. The molecule has 19 heavy (non-hydrogen) atoms. The van der Waals surface area contributed by atoms with Crippen molar-refractivity contribution in [2.24, 2.45) is 0 Å². The van der Waals surface area contributed by atoms with E-state index in [0.717, 1.165) is 30.4 Å². The lowest BCUT2D eigenvalue weighted by Gasteiger charge is -2.28. The van der Waals surface area contributed by atoms with E-state index in [4.69, 9.17) is 4.74 Å². The Hall–Kier alpha value is -1.13. The predicted molar refractivity (Wildman–Crippen MR) is 77.8 cm³/mol. The minimum absolute atomic E-state index is 0.0830. The molecule has 0 aromatic heterocycles. The van der Waals surface area contributed by atoms with Gasteiger partial charge in [-0.05, 0) is 41.7 Å². The van der Waals surface area contributed by atoms with E-state index in [9.17, 15) is 4.79 Å². The summed E-state index contributed by atoms with van der Waals surface area (Å²) >= 11 is 3.52. The normalized spacial score (nSPS) is 17.5. The van der Waals surface area contributed by atoms with Crippen molar-refractivity contribution in [2.75, 3.05) is 26.8 Å². The third kappa shape index (κ3) is 2.35. The van der Waals surface area contributed by atoms with E-state index in [1.54, 1.807) is 7.11 Å². The fourth-order valence-electron chi connectivity index (χ4n) is 2.93. The predicted octanol–water partition coefficient (Wildman–Crippen LogP) is 2.64. The lowest BCUT2D eigenvalue weighted by Crippen LogP contribution is -2.38. The number of benzene rings is 1. The van der Waals surface area contributed by atoms with E-state index in [0.29, 0.717) is 0 Å². The van der Waals surface area contributed by atoms with Gasteiger partial charge in [-0.1, -0.05) is 27.6 Å². The van der Waals surface area contributed by atoms with Crippen LogP contribution in [-0.2, 0) is 16.0 Å². The number of fused-ring (bicyclic) bond motifs is 2. The maximum Gasteiger partial charge on any atom is 0.248 e. The molecule has 1 heterocycles. The second-order valence-electron chi connectivity index (χ2n) is 5.06. The highest BCUT2D eigenvalue weighted by Crippen LogP contribution is 2.38. The maximum atomic E-state index is 11.9. The van der Waals surface area contributed by atoms with Crippen molar-refractivity contribution in [3.63, 3.8) is 0 Å². The van der Waals surface area contributed by atoms with Gasteiger partial charge in [0, 0.05) is 24.7 Å². The molecule has 0 radical (unpaired) electrons. The van der Waals surface area contributed by atoms with Crippen molar-refractivity contribution < 1.29 is 9.53 Å². The monoisotopic (exact) mass is 321 g/mol. The lowest BCUT2D eigenvalue weighted by atomic mass is 10.0. The van der Waals surface area contributed by atoms with Crippen LogP contribution in [0, 0.1) is 0 Å². The largest absolute Gasteiger partial charge is 0.375 e. The molecular weight excluding hydrogens is 306 g/mol. The van der Waals surface area contributed by atoms with Gasteiger partial charge in [0.2, 0.25) is 5.91 Å². The van der Waals surface area contributed by atoms with Crippen molar-refractivity contribution in [2.45, 2.75) is 12.8 Å². The van der Waals surface area contributed by atoms with Crippen LogP contribution in [0.1, 0.15) is 17.5 Å². The first-order chi connectivity index (χ1) is 9.19. The van der Waals surface area contributed by atoms with E-state index in [1.165, 1.54) is 22.3 Å². The number of rotatable bonds is 2. The summed E-state index contributed by atoms with van der Waals surface area (Å²) in [6.45, 7) is 1.72. The summed E-state index contributed by atoms with van der Waals surface area (Å²) in [5.74, 6) is 0.0830. The van der Waals surface area contributed by atoms with Crippen LogP contribution in [0.25, 0.3) is 5.57 Å². The van der Waals surface area contributed by atoms with Crippen LogP contribution < -0.4 is 0 Å². The minimum Gasteiger partial charge on any atom is -0.375 e. The standard InChI is InChI=1S/C15H16BrNO2/c1-19-9-15(18)17-5-4-10-6-11-7-12(16)2-3-13(11)14(10)8-17/h2-3,7H,4-6,8-9H2,1H3. The summed E-state index contributed by atoms with van der Waals surface area (Å²) in [5, 5.41) is 0. The van der Waals surface area contributed by atoms with Gasteiger partial charge in [-0.2, -0.15) is 0 Å². The summed E-state index contributed by atoms with van der Waals surface area (Å²) in [4.78, 5) is 13.8. The molecule has 0 spiro atoms. The minimum atomic E-state index is 0.0830. The van der Waals surface area contributed by atoms with E-state index in [2.05, 4.69) is 34.1 Å². The smallest absolute Gasteiger partial charge is 0.248 e. The van der Waals surface area contributed by atoms with Gasteiger partial charge in [0.05, 0.1) is 0 Å². The van der Waals surface area contributed by atoms with Gasteiger partial charge in [-0.15, -0.1) is 0 Å². The number of carbonyl (C=O) groups is 1. The van der Waals surface area contributed by atoms with Crippen LogP contribution in [-0.4, -0.2) is 37.6 Å². The molecule has 0 N–H and O–H groups in total. The third-order valence-corrected chi connectivity index (χ3v) is 4.37. The van der Waals surface area contributed by atoms with Crippen LogP contribution in [0.15, 0.2) is 28.2 Å². The second-order valence-corrected chi connectivity index (χ2v) is 5.97. The second kappa shape index (κ2) is 5.10. The van der Waals surface area contributed by atoms with Gasteiger partial charge in [-0.25, -0.2) is 0 Å². The van der Waals surface area contributed by atoms with Crippen LogP contribution >= 0.6 is 15.9 Å². The van der Waals surface area contributed by atoms with Crippen molar-refractivity contribution in [1.29, 1.82) is 0 Å². The molecule has 0 bridgehead atoms. The summed E-state index contributed by atoms with van der Waals surface area (Å²) < 4.78 is 6.06. The Kier molecular flexibility index (Phi) is 3.46. The molecule has 0 unspecified atom stereocenters. The van der Waals surface area contributed by atoms with Crippen molar-refractivity contribution >= 4 is 27.4 Å². The molecule has 100 valence electrons. The number of amides is 1. The number of hydrogen-bond acceptors (Lipinski definition) is 2. The van der Waals surface area contributed by atoms with Crippen molar-refractivity contribution in [3.05, 3.63) is 39.4 Å². The molecule has 4 heteroatoms. The summed E-state index contributed by atoms with van der Waals surface area (Å²) in [5.41, 5.74) is 5.53. The molecule has 3 rings (SSSR count). The summed E-state index contributed by atoms with van der Waals surface area (Å²) in [7, 11) is 1.56. The molecule has 0 saturated carbocycles. The Labute approximate surface area is 121 Å². The summed E-state index contributed by atoms with van der Waals surface area (Å²) in [6, 6.07) is 6.42. The Morgan fingerprint density at radius 2 is 2.32 bits per heavy atom. The molecule has 0 saturated heterocycles. The molecule has 1 aromatic carbocycles. The summed E-state index contributed by atoms with van der Waals surface area (Å²) in [6.07, 6.45) is 2.02. The van der Waals surface area contributed by atoms with Crippen LogP contribution in [0.3, 0.4) is 0 Å². The third-order valence-electron chi connectivity index (χ3n) is 3.88. The van der Waals surface area contributed by atoms with Gasteiger partial charge >= 0.3 is 0 Å². The van der Waals surface area contributed by atoms with Gasteiger partial charge in [-0.3, -0.25) is 4.79 Å². The van der Waals surface area contributed by atoms with Gasteiger partial charge in [0.1, 0.15) is 6.61 Å². The number of ether oxygens (including phenoxy) is 1. The van der Waals surface area contributed by atoms with Crippen LogP contribution in [0.4, 0.5) is 0 Å². The van der Waals surface area contributed by atoms with Crippen molar-refractivity contribution in [1.82, 2.24) is 4.90 Å². The van der Waals surface area contributed by atoms with Crippen LogP contribution in [0.5, 0.6) is 0 Å². The highest BCUT2D eigenvalue weighted by Gasteiger charge is 2.28. The Morgan fingerprint density at radius 1 is 1.47 bits per heavy atom. The first-order valence-corrected chi connectivity index (χ1v) is 7.24. The highest BCUT2D eigenvalue weighted by molar-refractivity contribution is 9.10. The zero-order valence-corrected chi connectivity index (χ0v) is 12.5. The van der Waals surface area contributed by atoms with E-state index in [1.807, 2.05) is 4.90 Å². The zero-order valence-electron chi connectivity index (χ0n) is 10.9. The quantitative estimate of drug-likeness (QED) is 0.838. The molecular formula is C15H16BrNO2. The average molecular weight is 322 g/mol. The van der Waals surface area contributed by atoms with Crippen molar-refractivity contribution in [3.8, 4) is 0 Å². The molecule has 0 atom stereocenters. The lowest BCUT2D eigenvalue weighted by molar-refractivity contribution is -0.134. The zero-order chi connectivity index (χ0) is 13.4. The van der Waals surface area contributed by atoms with E-state index >= 15 is 0 Å². The molecule has 2 aliphatic rings. The molecule has 1 aliphatic carbocycles. The fourth-order valence-corrected chi connectivity index (χ4v) is 3.34. The van der Waals surface area contributed by atoms with Gasteiger partial charge < -0.3 is 9.64 Å². The van der Waals surface area contributed by atoms with E-state index in [-0.39, 0.29) is 12.5 Å². The number of carbonyl (C=O) groups excluding carboxylic acids is 1. The van der Waals surface area contributed by atoms with Crippen LogP contribution in [0.2, 0.25) is 0 Å². The fraction of sp³-hybridized carbons (Fsp3) is 0.400. The average Bonchev–Trinajstić information content (AvgIpc) is 2.75. The Balaban J connectivity index is 1.85. The Morgan fingerprint density at radius 3 is 3.11 bits per heavy atom. The molecule has 1 aliphatic heterocycles. The SMILES string of the molecule is COCC(=O)N1CCC2=C(C1)c1ccc(Br)cc1C2.